The van der Waals surface area contributed by atoms with E-state index in [4.69, 9.17) is 4.74 Å². The van der Waals surface area contributed by atoms with Crippen LogP contribution in [-0.4, -0.2) is 17.3 Å². The molecule has 0 bridgehead atoms. The summed E-state index contributed by atoms with van der Waals surface area (Å²) in [7, 11) is 0. The van der Waals surface area contributed by atoms with E-state index in [9.17, 15) is 18.3 Å². The molecule has 0 amide bonds. The highest BCUT2D eigenvalue weighted by atomic mass is 19.4. The third-order valence-corrected chi connectivity index (χ3v) is 2.63. The lowest BCUT2D eigenvalue weighted by Crippen LogP contribution is -2.26. The lowest BCUT2D eigenvalue weighted by Gasteiger charge is -2.13. The molecule has 5 heteroatoms. The highest BCUT2D eigenvalue weighted by molar-refractivity contribution is 5.42. The van der Waals surface area contributed by atoms with Crippen LogP contribution in [0.4, 0.5) is 13.2 Å². The highest BCUT2D eigenvalue weighted by Gasteiger charge is 2.34. The fraction of sp³-hybridized carbons (Fsp3) is 0.455. The number of hydrogen-bond acceptors (Lipinski definition) is 2. The van der Waals surface area contributed by atoms with Crippen molar-refractivity contribution in [3.63, 3.8) is 0 Å². The van der Waals surface area contributed by atoms with Crippen molar-refractivity contribution in [1.29, 1.82) is 0 Å². The molecule has 0 radical (unpaired) electrons. The Kier molecular flexibility index (Phi) is 2.58. The Balaban J connectivity index is 2.28. The van der Waals surface area contributed by atoms with Gasteiger partial charge in [-0.25, -0.2) is 0 Å². The summed E-state index contributed by atoms with van der Waals surface area (Å²) in [5, 5.41) is 9.31. The fourth-order valence-corrected chi connectivity index (χ4v) is 1.70. The molecule has 0 saturated carbocycles. The number of fused-ring (bicyclic) bond motifs is 1. The van der Waals surface area contributed by atoms with Crippen molar-refractivity contribution >= 4 is 0 Å². The first-order valence-corrected chi connectivity index (χ1v) is 4.93. The first-order chi connectivity index (χ1) is 7.38. The SMILES string of the molecule is CC(O)C1Cc2ccc(C(F)(F)F)cc2O1. The normalized spacial score (nSPS) is 21.4. The van der Waals surface area contributed by atoms with Gasteiger partial charge < -0.3 is 9.84 Å². The minimum Gasteiger partial charge on any atom is -0.487 e. The quantitative estimate of drug-likeness (QED) is 0.805. The standard InChI is InChI=1S/C11H11F3O2/c1-6(15)9-4-7-2-3-8(11(12,13)14)5-10(7)16-9/h2-3,5-6,9,15H,4H2,1H3. The summed E-state index contributed by atoms with van der Waals surface area (Å²) in [6, 6.07) is 3.42. The van der Waals surface area contributed by atoms with Gasteiger partial charge in [-0.05, 0) is 24.6 Å². The van der Waals surface area contributed by atoms with Crippen LogP contribution in [0, 0.1) is 0 Å². The topological polar surface area (TPSA) is 29.5 Å². The van der Waals surface area contributed by atoms with Gasteiger partial charge in [0.25, 0.3) is 0 Å². The molecule has 0 aromatic heterocycles. The van der Waals surface area contributed by atoms with Crippen LogP contribution in [0.25, 0.3) is 0 Å². The maximum Gasteiger partial charge on any atom is 0.416 e. The molecule has 1 aliphatic rings. The summed E-state index contributed by atoms with van der Waals surface area (Å²) in [6.07, 6.45) is -5.05. The second kappa shape index (κ2) is 3.66. The molecular weight excluding hydrogens is 221 g/mol. The molecule has 0 saturated heterocycles. The average molecular weight is 232 g/mol. The minimum absolute atomic E-state index is 0.223. The largest absolute Gasteiger partial charge is 0.487 e. The smallest absolute Gasteiger partial charge is 0.416 e. The van der Waals surface area contributed by atoms with Crippen LogP contribution in [0.3, 0.4) is 0 Å². The van der Waals surface area contributed by atoms with Crippen molar-refractivity contribution in [1.82, 2.24) is 0 Å². The van der Waals surface area contributed by atoms with Gasteiger partial charge in [-0.2, -0.15) is 13.2 Å². The van der Waals surface area contributed by atoms with Gasteiger partial charge in [-0.3, -0.25) is 0 Å². The van der Waals surface area contributed by atoms with E-state index in [2.05, 4.69) is 0 Å². The Bertz CT molecular complexity index is 399. The second-order valence-corrected chi connectivity index (χ2v) is 3.92. The van der Waals surface area contributed by atoms with Crippen molar-refractivity contribution < 1.29 is 23.0 Å². The molecule has 2 atom stereocenters. The van der Waals surface area contributed by atoms with Crippen molar-refractivity contribution in [3.05, 3.63) is 29.3 Å². The first kappa shape index (κ1) is 11.3. The van der Waals surface area contributed by atoms with Crippen LogP contribution in [0.1, 0.15) is 18.1 Å². The number of benzene rings is 1. The second-order valence-electron chi connectivity index (χ2n) is 3.92. The molecule has 1 aromatic rings. The molecule has 0 fully saturated rings. The van der Waals surface area contributed by atoms with Crippen LogP contribution < -0.4 is 4.74 Å². The van der Waals surface area contributed by atoms with Gasteiger partial charge in [-0.1, -0.05) is 6.07 Å². The van der Waals surface area contributed by atoms with E-state index in [1.165, 1.54) is 6.07 Å². The lowest BCUT2D eigenvalue weighted by molar-refractivity contribution is -0.137. The molecule has 2 unspecified atom stereocenters. The van der Waals surface area contributed by atoms with Gasteiger partial charge in [0.1, 0.15) is 11.9 Å². The predicted octanol–water partition coefficient (Wildman–Crippen LogP) is 2.39. The number of ether oxygens (including phenoxy) is 1. The maximum absolute atomic E-state index is 12.4. The Morgan fingerprint density at radius 2 is 2.12 bits per heavy atom. The summed E-state index contributed by atoms with van der Waals surface area (Å²) in [5.74, 6) is 0.223. The molecule has 16 heavy (non-hydrogen) atoms. The molecule has 0 spiro atoms. The molecule has 1 aromatic carbocycles. The Morgan fingerprint density at radius 1 is 1.44 bits per heavy atom. The number of halogens is 3. The zero-order valence-corrected chi connectivity index (χ0v) is 8.58. The van der Waals surface area contributed by atoms with Gasteiger partial charge >= 0.3 is 6.18 Å². The lowest BCUT2D eigenvalue weighted by atomic mass is 10.1. The van der Waals surface area contributed by atoms with E-state index in [1.807, 2.05) is 0 Å². The number of aliphatic hydroxyl groups excluding tert-OH is 1. The van der Waals surface area contributed by atoms with Crippen molar-refractivity contribution in [2.45, 2.75) is 31.7 Å². The van der Waals surface area contributed by atoms with Crippen LogP contribution in [-0.2, 0) is 12.6 Å². The van der Waals surface area contributed by atoms with Gasteiger partial charge in [0.15, 0.2) is 0 Å². The maximum atomic E-state index is 12.4. The van der Waals surface area contributed by atoms with Gasteiger partial charge in [-0.15, -0.1) is 0 Å². The number of hydrogen-bond donors (Lipinski definition) is 1. The van der Waals surface area contributed by atoms with E-state index in [0.717, 1.165) is 12.1 Å². The third kappa shape index (κ3) is 2.00. The highest BCUT2D eigenvalue weighted by Crippen LogP contribution is 2.36. The molecular formula is C11H11F3O2. The molecule has 2 rings (SSSR count). The molecule has 2 nitrogen and oxygen atoms in total. The number of alkyl halides is 3. The Morgan fingerprint density at radius 3 is 2.69 bits per heavy atom. The number of rotatable bonds is 1. The molecule has 1 N–H and O–H groups in total. The van der Waals surface area contributed by atoms with E-state index in [-0.39, 0.29) is 5.75 Å². The van der Waals surface area contributed by atoms with Crippen LogP contribution in [0.15, 0.2) is 18.2 Å². The summed E-state index contributed by atoms with van der Waals surface area (Å²) in [6.45, 7) is 1.56. The fourth-order valence-electron chi connectivity index (χ4n) is 1.70. The van der Waals surface area contributed by atoms with E-state index >= 15 is 0 Å². The van der Waals surface area contributed by atoms with Gasteiger partial charge in [0.05, 0.1) is 11.7 Å². The molecule has 0 aliphatic carbocycles. The van der Waals surface area contributed by atoms with Crippen LogP contribution in [0.5, 0.6) is 5.75 Å². The Labute approximate surface area is 90.7 Å². The summed E-state index contributed by atoms with van der Waals surface area (Å²) in [4.78, 5) is 0. The summed E-state index contributed by atoms with van der Waals surface area (Å²) >= 11 is 0. The van der Waals surface area contributed by atoms with Gasteiger partial charge in [0, 0.05) is 6.42 Å². The van der Waals surface area contributed by atoms with Crippen molar-refractivity contribution in [2.75, 3.05) is 0 Å². The third-order valence-electron chi connectivity index (χ3n) is 2.63. The van der Waals surface area contributed by atoms with Crippen molar-refractivity contribution in [3.8, 4) is 5.75 Å². The van der Waals surface area contributed by atoms with E-state index < -0.39 is 23.9 Å². The van der Waals surface area contributed by atoms with E-state index in [0.29, 0.717) is 12.0 Å². The first-order valence-electron chi connectivity index (χ1n) is 4.93. The summed E-state index contributed by atoms with van der Waals surface area (Å²) < 4.78 is 42.5. The zero-order valence-electron chi connectivity index (χ0n) is 8.58. The van der Waals surface area contributed by atoms with Gasteiger partial charge in [0.2, 0.25) is 0 Å². The average Bonchev–Trinajstić information content (AvgIpc) is 2.58. The van der Waals surface area contributed by atoms with Crippen molar-refractivity contribution in [2.24, 2.45) is 0 Å². The number of aliphatic hydroxyl groups is 1. The molecule has 88 valence electrons. The minimum atomic E-state index is -4.36. The van der Waals surface area contributed by atoms with E-state index in [1.54, 1.807) is 6.92 Å². The monoisotopic (exact) mass is 232 g/mol. The van der Waals surface area contributed by atoms with Crippen LogP contribution in [0.2, 0.25) is 0 Å². The Hall–Kier alpha value is -1.23. The van der Waals surface area contributed by atoms with Crippen LogP contribution >= 0.6 is 0 Å². The predicted molar refractivity (Wildman–Crippen MR) is 51.2 cm³/mol. The molecule has 1 heterocycles. The summed E-state index contributed by atoms with van der Waals surface area (Å²) in [5.41, 5.74) is -0.0172. The zero-order chi connectivity index (χ0) is 11.9. The molecule has 1 aliphatic heterocycles.